The minimum atomic E-state index is -0.674. The highest BCUT2D eigenvalue weighted by molar-refractivity contribution is 5.88. The molecule has 5 nitrogen and oxygen atoms in total. The van der Waals surface area contributed by atoms with Gasteiger partial charge in [-0.2, -0.15) is 0 Å². The molecule has 1 spiro atoms. The Balaban J connectivity index is 2.18. The van der Waals surface area contributed by atoms with Gasteiger partial charge in [-0.25, -0.2) is 0 Å². The predicted molar refractivity (Wildman–Crippen MR) is 92.6 cm³/mol. The number of carbonyl (C=O) groups excluding carboxylic acids is 2. The van der Waals surface area contributed by atoms with Crippen molar-refractivity contribution >= 4 is 11.9 Å². The first-order chi connectivity index (χ1) is 11.3. The molecule has 1 amide bonds. The molecule has 0 N–H and O–H groups in total. The van der Waals surface area contributed by atoms with Gasteiger partial charge in [0, 0.05) is 25.9 Å². The third-order valence-electron chi connectivity index (χ3n) is 5.24. The van der Waals surface area contributed by atoms with Crippen LogP contribution in [0.2, 0.25) is 0 Å². The largest absolute Gasteiger partial charge is 0.458 e. The fourth-order valence-corrected chi connectivity index (χ4v) is 4.00. The van der Waals surface area contributed by atoms with Crippen LogP contribution in [0.15, 0.2) is 0 Å². The minimum absolute atomic E-state index is 0.0976. The van der Waals surface area contributed by atoms with E-state index in [1.807, 2.05) is 18.7 Å². The number of amides is 1. The first kappa shape index (κ1) is 19.2. The van der Waals surface area contributed by atoms with Crippen LogP contribution in [0.5, 0.6) is 0 Å². The Morgan fingerprint density at radius 1 is 1.21 bits per heavy atom. The normalized spacial score (nSPS) is 28.8. The van der Waals surface area contributed by atoms with Crippen molar-refractivity contribution in [2.24, 2.45) is 5.92 Å². The molecular formula is C19H33NO4. The van der Waals surface area contributed by atoms with Crippen LogP contribution in [0.4, 0.5) is 0 Å². The van der Waals surface area contributed by atoms with Crippen molar-refractivity contribution in [2.75, 3.05) is 19.7 Å². The van der Waals surface area contributed by atoms with E-state index in [2.05, 4.69) is 13.8 Å². The van der Waals surface area contributed by atoms with Crippen LogP contribution in [0.3, 0.4) is 0 Å². The summed E-state index contributed by atoms with van der Waals surface area (Å²) in [6.45, 7) is 10.4. The van der Waals surface area contributed by atoms with E-state index in [-0.39, 0.29) is 29.8 Å². The average Bonchev–Trinajstić information content (AvgIpc) is 2.81. The van der Waals surface area contributed by atoms with Gasteiger partial charge in [-0.05, 0) is 26.7 Å². The van der Waals surface area contributed by atoms with E-state index in [4.69, 9.17) is 9.47 Å². The van der Waals surface area contributed by atoms with Gasteiger partial charge in [0.15, 0.2) is 0 Å². The van der Waals surface area contributed by atoms with E-state index in [1.165, 1.54) is 0 Å². The second-order valence-electron chi connectivity index (χ2n) is 7.86. The van der Waals surface area contributed by atoms with Crippen molar-refractivity contribution in [3.8, 4) is 0 Å². The summed E-state index contributed by atoms with van der Waals surface area (Å²) < 4.78 is 11.5. The smallest absolute Gasteiger partial charge is 0.307 e. The maximum absolute atomic E-state index is 13.2. The Morgan fingerprint density at radius 3 is 2.38 bits per heavy atom. The summed E-state index contributed by atoms with van der Waals surface area (Å²) in [7, 11) is 0. The second-order valence-corrected chi connectivity index (χ2v) is 7.86. The van der Waals surface area contributed by atoms with Crippen LogP contribution in [0.1, 0.15) is 72.6 Å². The molecule has 0 unspecified atom stereocenters. The number of hydrogen-bond acceptors (Lipinski definition) is 4. The van der Waals surface area contributed by atoms with Gasteiger partial charge < -0.3 is 14.4 Å². The molecule has 0 saturated carbocycles. The zero-order valence-corrected chi connectivity index (χ0v) is 15.7. The number of hydrogen-bond donors (Lipinski definition) is 0. The summed E-state index contributed by atoms with van der Waals surface area (Å²) in [5.41, 5.74) is -1.04. The summed E-state index contributed by atoms with van der Waals surface area (Å²) in [6, 6.07) is 0. The highest BCUT2D eigenvalue weighted by Gasteiger charge is 2.57. The maximum Gasteiger partial charge on any atom is 0.307 e. The molecule has 2 aliphatic heterocycles. The molecule has 2 rings (SSSR count). The van der Waals surface area contributed by atoms with E-state index in [1.54, 1.807) is 0 Å². The Bertz CT molecular complexity index is 454. The zero-order valence-electron chi connectivity index (χ0n) is 15.7. The monoisotopic (exact) mass is 339 g/mol. The van der Waals surface area contributed by atoms with Gasteiger partial charge >= 0.3 is 5.97 Å². The molecule has 5 heteroatoms. The molecule has 0 radical (unpaired) electrons. The van der Waals surface area contributed by atoms with Gasteiger partial charge in [-0.3, -0.25) is 9.59 Å². The Labute approximate surface area is 146 Å². The number of nitrogens with zero attached hydrogens (tertiary/aromatic N) is 1. The van der Waals surface area contributed by atoms with Gasteiger partial charge in [0.1, 0.15) is 5.60 Å². The molecule has 0 bridgehead atoms. The number of esters is 1. The molecule has 0 aromatic rings. The van der Waals surface area contributed by atoms with Gasteiger partial charge in [-0.1, -0.05) is 26.7 Å². The maximum atomic E-state index is 13.2. The summed E-state index contributed by atoms with van der Waals surface area (Å²) in [4.78, 5) is 27.3. The highest BCUT2D eigenvalue weighted by atomic mass is 16.6. The van der Waals surface area contributed by atoms with Gasteiger partial charge in [-0.15, -0.1) is 0 Å². The topological polar surface area (TPSA) is 55.8 Å². The molecular weight excluding hydrogens is 306 g/mol. The van der Waals surface area contributed by atoms with Crippen molar-refractivity contribution in [3.05, 3.63) is 0 Å². The molecule has 138 valence electrons. The number of ether oxygens (including phenoxy) is 2. The first-order valence-electron chi connectivity index (χ1n) is 9.48. The standard InChI is InChI=1S/C19H33NO4/c1-5-7-10-20(11-8-6-2)17(22)15-13-16(21)24-19(15)9-12-23-18(3,4)14-19/h15H,5-14H2,1-4H3/t15-,19-/m0/s1. The van der Waals surface area contributed by atoms with Crippen molar-refractivity contribution in [3.63, 3.8) is 0 Å². The van der Waals surface area contributed by atoms with E-state index in [0.717, 1.165) is 38.8 Å². The molecule has 0 aromatic heterocycles. The first-order valence-corrected chi connectivity index (χ1v) is 9.48. The summed E-state index contributed by atoms with van der Waals surface area (Å²) in [6.07, 6.45) is 5.54. The van der Waals surface area contributed by atoms with Gasteiger partial charge in [0.25, 0.3) is 0 Å². The van der Waals surface area contributed by atoms with Crippen molar-refractivity contribution < 1.29 is 19.1 Å². The molecule has 2 fully saturated rings. The van der Waals surface area contributed by atoms with E-state index in [0.29, 0.717) is 19.4 Å². The van der Waals surface area contributed by atoms with Crippen LogP contribution in [0, 0.1) is 5.92 Å². The third-order valence-corrected chi connectivity index (χ3v) is 5.24. The van der Waals surface area contributed by atoms with Crippen LogP contribution >= 0.6 is 0 Å². The summed E-state index contributed by atoms with van der Waals surface area (Å²) in [5.74, 6) is -0.501. The molecule has 2 atom stereocenters. The van der Waals surface area contributed by atoms with Crippen molar-refractivity contribution in [2.45, 2.75) is 83.8 Å². The zero-order chi connectivity index (χ0) is 17.8. The number of unbranched alkanes of at least 4 members (excludes halogenated alkanes) is 2. The van der Waals surface area contributed by atoms with Crippen LogP contribution in [0.25, 0.3) is 0 Å². The fraction of sp³-hybridized carbons (Fsp3) is 0.895. The SMILES string of the molecule is CCCCN(CCCC)C(=O)[C@@H]1CC(=O)O[C@]12CCOC(C)(C)C2. The molecule has 2 aliphatic rings. The molecule has 0 aromatic carbocycles. The average molecular weight is 339 g/mol. The second kappa shape index (κ2) is 7.85. The summed E-state index contributed by atoms with van der Waals surface area (Å²) >= 11 is 0. The quantitative estimate of drug-likeness (QED) is 0.668. The van der Waals surface area contributed by atoms with Crippen LogP contribution in [-0.4, -0.2) is 47.7 Å². The van der Waals surface area contributed by atoms with Gasteiger partial charge in [0.2, 0.25) is 5.91 Å². The molecule has 0 aliphatic carbocycles. The molecule has 2 heterocycles. The molecule has 2 saturated heterocycles. The van der Waals surface area contributed by atoms with E-state index < -0.39 is 5.60 Å². The Hall–Kier alpha value is -1.10. The lowest BCUT2D eigenvalue weighted by molar-refractivity contribution is -0.181. The fourth-order valence-electron chi connectivity index (χ4n) is 4.00. The molecule has 24 heavy (non-hydrogen) atoms. The van der Waals surface area contributed by atoms with E-state index in [9.17, 15) is 9.59 Å². The summed E-state index contributed by atoms with van der Waals surface area (Å²) in [5, 5.41) is 0. The number of rotatable bonds is 7. The van der Waals surface area contributed by atoms with Crippen molar-refractivity contribution in [1.82, 2.24) is 4.90 Å². The van der Waals surface area contributed by atoms with Crippen LogP contribution in [-0.2, 0) is 19.1 Å². The number of carbonyl (C=O) groups is 2. The lowest BCUT2D eigenvalue weighted by Crippen LogP contribution is -2.53. The lowest BCUT2D eigenvalue weighted by atomic mass is 9.75. The lowest BCUT2D eigenvalue weighted by Gasteiger charge is -2.44. The highest BCUT2D eigenvalue weighted by Crippen LogP contribution is 2.46. The van der Waals surface area contributed by atoms with Crippen molar-refractivity contribution in [1.29, 1.82) is 0 Å². The van der Waals surface area contributed by atoms with Crippen LogP contribution < -0.4 is 0 Å². The third kappa shape index (κ3) is 4.29. The Morgan fingerprint density at radius 2 is 1.83 bits per heavy atom. The minimum Gasteiger partial charge on any atom is -0.458 e. The predicted octanol–water partition coefficient (Wildman–Crippen LogP) is 3.31. The van der Waals surface area contributed by atoms with E-state index >= 15 is 0 Å². The van der Waals surface area contributed by atoms with Gasteiger partial charge in [0.05, 0.1) is 24.5 Å². The Kier molecular flexibility index (Phi) is 6.29.